The summed E-state index contributed by atoms with van der Waals surface area (Å²) in [5.41, 5.74) is 2.01. The van der Waals surface area contributed by atoms with E-state index in [0.29, 0.717) is 23.4 Å². The molecule has 2 amide bonds. The Bertz CT molecular complexity index is 848. The highest BCUT2D eigenvalue weighted by Gasteiger charge is 2.64. The summed E-state index contributed by atoms with van der Waals surface area (Å²) >= 11 is 3.41. The quantitative estimate of drug-likeness (QED) is 0.707. The minimum atomic E-state index is -0.139. The fraction of sp³-hybridized carbons (Fsp3) is 0.333. The van der Waals surface area contributed by atoms with Gasteiger partial charge in [0.2, 0.25) is 11.8 Å². The summed E-state index contributed by atoms with van der Waals surface area (Å²) in [7, 11) is 0. The molecule has 2 saturated carbocycles. The van der Waals surface area contributed by atoms with Gasteiger partial charge < -0.3 is 0 Å². The predicted molar refractivity (Wildman–Crippen MR) is 99.0 cm³/mol. The molecule has 126 valence electrons. The number of hydrogen-bond donors (Lipinski definition) is 0. The van der Waals surface area contributed by atoms with Gasteiger partial charge in [-0.1, -0.05) is 46.3 Å². The molecule has 25 heavy (non-hydrogen) atoms. The van der Waals surface area contributed by atoms with Crippen molar-refractivity contribution in [2.24, 2.45) is 23.7 Å². The summed E-state index contributed by atoms with van der Waals surface area (Å²) in [6.45, 7) is 0. The van der Waals surface area contributed by atoms with Crippen LogP contribution in [-0.2, 0) is 9.59 Å². The number of halogens is 1. The second kappa shape index (κ2) is 5.53. The SMILES string of the molecule is O=C1[C@@H]2[C@@H]3C[C@@H]([C@@H]2C(=O)N1c1ccc(Br)cc1)[C@H](c1ccccc1)C3. The molecule has 0 N–H and O–H groups in total. The molecular formula is C21H18BrNO2. The van der Waals surface area contributed by atoms with Crippen molar-refractivity contribution in [2.75, 3.05) is 4.90 Å². The molecule has 1 heterocycles. The molecule has 3 fully saturated rings. The van der Waals surface area contributed by atoms with Crippen molar-refractivity contribution in [3.8, 4) is 0 Å². The Morgan fingerprint density at radius 3 is 2.24 bits per heavy atom. The first-order valence-corrected chi connectivity index (χ1v) is 9.63. The lowest BCUT2D eigenvalue weighted by atomic mass is 9.73. The molecule has 0 spiro atoms. The monoisotopic (exact) mass is 395 g/mol. The van der Waals surface area contributed by atoms with Gasteiger partial charge in [-0.2, -0.15) is 0 Å². The molecule has 1 saturated heterocycles. The molecule has 5 atom stereocenters. The first kappa shape index (κ1) is 15.3. The number of amides is 2. The zero-order valence-electron chi connectivity index (χ0n) is 13.6. The smallest absolute Gasteiger partial charge is 0.237 e. The summed E-state index contributed by atoms with van der Waals surface area (Å²) in [5, 5.41) is 0. The number of fused-ring (bicyclic) bond motifs is 5. The standard InChI is InChI=1S/C21H18BrNO2/c22-14-6-8-15(9-7-14)23-20(24)18-13-10-16(12-4-2-1-3-5-12)17(11-13)19(18)21(23)25/h1-9,13,16-19H,10-11H2/t13-,16-,17+,18+,19-/m0/s1. The first-order chi connectivity index (χ1) is 12.1. The lowest BCUT2D eigenvalue weighted by molar-refractivity contribution is -0.123. The molecular weight excluding hydrogens is 378 g/mol. The molecule has 2 aromatic carbocycles. The third-order valence-corrected chi connectivity index (χ3v) is 6.86. The number of benzene rings is 2. The Morgan fingerprint density at radius 2 is 1.52 bits per heavy atom. The molecule has 0 unspecified atom stereocenters. The largest absolute Gasteiger partial charge is 0.274 e. The Kier molecular flexibility index (Phi) is 3.39. The van der Waals surface area contributed by atoms with E-state index in [1.807, 2.05) is 30.3 Å². The Labute approximate surface area is 155 Å². The van der Waals surface area contributed by atoms with Crippen molar-refractivity contribution < 1.29 is 9.59 Å². The third kappa shape index (κ3) is 2.16. The summed E-state index contributed by atoms with van der Waals surface area (Å²) in [6, 6.07) is 17.9. The van der Waals surface area contributed by atoms with Gasteiger partial charge in [-0.3, -0.25) is 14.5 Å². The summed E-state index contributed by atoms with van der Waals surface area (Å²) in [6.07, 6.45) is 2.05. The molecule has 5 rings (SSSR count). The average molecular weight is 396 g/mol. The predicted octanol–water partition coefficient (Wildman–Crippen LogP) is 4.38. The van der Waals surface area contributed by atoms with Gasteiger partial charge in [-0.15, -0.1) is 0 Å². The number of anilines is 1. The van der Waals surface area contributed by atoms with Crippen LogP contribution in [0.5, 0.6) is 0 Å². The Hall–Kier alpha value is -1.94. The van der Waals surface area contributed by atoms with Crippen molar-refractivity contribution >= 4 is 33.4 Å². The van der Waals surface area contributed by atoms with Crippen LogP contribution in [0.4, 0.5) is 5.69 Å². The van der Waals surface area contributed by atoms with Crippen molar-refractivity contribution in [2.45, 2.75) is 18.8 Å². The van der Waals surface area contributed by atoms with Crippen molar-refractivity contribution in [3.63, 3.8) is 0 Å². The Morgan fingerprint density at radius 1 is 0.840 bits per heavy atom. The fourth-order valence-corrected chi connectivity index (χ4v) is 5.65. The van der Waals surface area contributed by atoms with Gasteiger partial charge in [0, 0.05) is 4.47 Å². The van der Waals surface area contributed by atoms with Crippen LogP contribution in [-0.4, -0.2) is 11.8 Å². The fourth-order valence-electron chi connectivity index (χ4n) is 5.39. The van der Waals surface area contributed by atoms with Crippen LogP contribution in [0.25, 0.3) is 0 Å². The third-order valence-electron chi connectivity index (χ3n) is 6.33. The van der Waals surface area contributed by atoms with Gasteiger partial charge in [0.25, 0.3) is 0 Å². The zero-order chi connectivity index (χ0) is 17.1. The number of rotatable bonds is 2. The van der Waals surface area contributed by atoms with Gasteiger partial charge >= 0.3 is 0 Å². The maximum atomic E-state index is 13.1. The van der Waals surface area contributed by atoms with E-state index in [0.717, 1.165) is 17.3 Å². The van der Waals surface area contributed by atoms with E-state index in [9.17, 15) is 9.59 Å². The molecule has 2 bridgehead atoms. The number of carbonyl (C=O) groups excluding carboxylic acids is 2. The second-order valence-corrected chi connectivity index (χ2v) is 8.37. The number of imide groups is 1. The highest BCUT2D eigenvalue weighted by Crippen LogP contribution is 2.61. The lowest BCUT2D eigenvalue weighted by Gasteiger charge is -2.28. The number of carbonyl (C=O) groups is 2. The van der Waals surface area contributed by atoms with Crippen molar-refractivity contribution in [1.82, 2.24) is 0 Å². The van der Waals surface area contributed by atoms with E-state index in [1.54, 1.807) is 0 Å². The highest BCUT2D eigenvalue weighted by atomic mass is 79.9. The van der Waals surface area contributed by atoms with Gasteiger partial charge in [0.15, 0.2) is 0 Å². The topological polar surface area (TPSA) is 37.4 Å². The van der Waals surface area contributed by atoms with Crippen molar-refractivity contribution in [3.05, 3.63) is 64.6 Å². The van der Waals surface area contributed by atoms with Crippen LogP contribution in [0.15, 0.2) is 59.1 Å². The van der Waals surface area contributed by atoms with E-state index in [1.165, 1.54) is 10.5 Å². The minimum Gasteiger partial charge on any atom is -0.274 e. The van der Waals surface area contributed by atoms with Gasteiger partial charge in [-0.05, 0) is 60.4 Å². The molecule has 2 aliphatic carbocycles. The summed E-state index contributed by atoms with van der Waals surface area (Å²) in [5.74, 6) is 0.823. The van der Waals surface area contributed by atoms with E-state index in [2.05, 4.69) is 40.2 Å². The maximum Gasteiger partial charge on any atom is 0.237 e. The van der Waals surface area contributed by atoms with Crippen LogP contribution < -0.4 is 4.90 Å². The molecule has 2 aromatic rings. The van der Waals surface area contributed by atoms with E-state index >= 15 is 0 Å². The van der Waals surface area contributed by atoms with Gasteiger partial charge in [0.05, 0.1) is 17.5 Å². The van der Waals surface area contributed by atoms with Gasteiger partial charge in [0.1, 0.15) is 0 Å². The van der Waals surface area contributed by atoms with Crippen molar-refractivity contribution in [1.29, 1.82) is 0 Å². The molecule has 1 aliphatic heterocycles. The minimum absolute atomic E-state index is 0.00505. The van der Waals surface area contributed by atoms with Crippen LogP contribution in [0.3, 0.4) is 0 Å². The van der Waals surface area contributed by atoms with Crippen LogP contribution in [0.1, 0.15) is 24.3 Å². The lowest BCUT2D eigenvalue weighted by Crippen LogP contribution is -2.32. The molecule has 0 aromatic heterocycles. The van der Waals surface area contributed by atoms with Crippen LogP contribution in [0, 0.1) is 23.7 Å². The van der Waals surface area contributed by atoms with Gasteiger partial charge in [-0.25, -0.2) is 0 Å². The first-order valence-electron chi connectivity index (χ1n) is 8.83. The van der Waals surface area contributed by atoms with E-state index < -0.39 is 0 Å². The van der Waals surface area contributed by atoms with E-state index in [4.69, 9.17) is 0 Å². The normalized spacial score (nSPS) is 33.2. The van der Waals surface area contributed by atoms with E-state index in [-0.39, 0.29) is 23.7 Å². The molecule has 3 aliphatic rings. The second-order valence-electron chi connectivity index (χ2n) is 7.45. The maximum absolute atomic E-state index is 13.1. The van der Waals surface area contributed by atoms with Crippen LogP contribution in [0.2, 0.25) is 0 Å². The average Bonchev–Trinajstić information content (AvgIpc) is 3.29. The van der Waals surface area contributed by atoms with Crippen LogP contribution >= 0.6 is 15.9 Å². The number of nitrogens with zero attached hydrogens (tertiary/aromatic N) is 1. The Balaban J connectivity index is 1.49. The molecule has 0 radical (unpaired) electrons. The highest BCUT2D eigenvalue weighted by molar-refractivity contribution is 9.10. The molecule has 3 nitrogen and oxygen atoms in total. The summed E-state index contributed by atoms with van der Waals surface area (Å²) in [4.78, 5) is 27.6. The number of hydrogen-bond acceptors (Lipinski definition) is 2. The molecule has 4 heteroatoms. The summed E-state index contributed by atoms with van der Waals surface area (Å²) < 4.78 is 0.944. The zero-order valence-corrected chi connectivity index (χ0v) is 15.2.